The van der Waals surface area contributed by atoms with Gasteiger partial charge in [0.15, 0.2) is 0 Å². The maximum Gasteiger partial charge on any atom is 0.341 e. The van der Waals surface area contributed by atoms with Crippen molar-refractivity contribution in [2.75, 3.05) is 13.1 Å². The Kier molecular flexibility index (Phi) is 5.03. The van der Waals surface area contributed by atoms with Gasteiger partial charge in [-0.25, -0.2) is 0 Å². The second-order valence-corrected chi connectivity index (χ2v) is 5.82. The summed E-state index contributed by atoms with van der Waals surface area (Å²) >= 11 is 0. The monoisotopic (exact) mass is 326 g/mol. The second kappa shape index (κ2) is 7.38. The van der Waals surface area contributed by atoms with Crippen molar-refractivity contribution in [1.82, 2.24) is 20.1 Å². The molecule has 3 rings (SSSR count). The van der Waals surface area contributed by atoms with Crippen molar-refractivity contribution < 1.29 is 9.53 Å². The number of nitrogens with zero attached hydrogens (tertiary/aromatic N) is 4. The fraction of sp³-hybridized carbons (Fsp3) is 0.444. The lowest BCUT2D eigenvalue weighted by Crippen LogP contribution is -2.27. The number of hydrogen-bond donors (Lipinski definition) is 0. The van der Waals surface area contributed by atoms with Crippen LogP contribution >= 0.6 is 0 Å². The van der Waals surface area contributed by atoms with Crippen molar-refractivity contribution in [3.05, 3.63) is 41.2 Å². The average molecular weight is 326 g/mol. The average Bonchev–Trinajstić information content (AvgIpc) is 3.16. The van der Waals surface area contributed by atoms with E-state index in [1.807, 2.05) is 18.7 Å². The lowest BCUT2D eigenvalue weighted by molar-refractivity contribution is 0.0793. The lowest BCUT2D eigenvalue weighted by Gasteiger charge is -2.15. The first-order valence-corrected chi connectivity index (χ1v) is 8.51. The van der Waals surface area contributed by atoms with Crippen LogP contribution in [0.5, 0.6) is 11.8 Å². The number of benzene rings is 1. The Labute approximate surface area is 141 Å². The van der Waals surface area contributed by atoms with Crippen LogP contribution in [0, 0.1) is 0 Å². The molecular formula is C18H22N4O2. The van der Waals surface area contributed by atoms with Crippen LogP contribution < -0.4 is 4.74 Å². The minimum atomic E-state index is 0.0811. The molecule has 1 aliphatic heterocycles. The van der Waals surface area contributed by atoms with Gasteiger partial charge in [-0.15, -0.1) is 5.10 Å². The first kappa shape index (κ1) is 16.4. The number of amides is 1. The van der Waals surface area contributed by atoms with E-state index in [2.05, 4.69) is 15.2 Å². The molecule has 6 heteroatoms. The van der Waals surface area contributed by atoms with Gasteiger partial charge in [-0.2, -0.15) is 4.98 Å². The van der Waals surface area contributed by atoms with Crippen molar-refractivity contribution in [2.24, 2.45) is 0 Å². The van der Waals surface area contributed by atoms with Gasteiger partial charge in [0.25, 0.3) is 5.91 Å². The van der Waals surface area contributed by atoms with Crippen LogP contribution in [0.15, 0.2) is 24.3 Å². The number of carbonyl (C=O) groups excluding carboxylic acids is 1. The van der Waals surface area contributed by atoms with Crippen LogP contribution in [0.1, 0.15) is 48.4 Å². The van der Waals surface area contributed by atoms with Crippen molar-refractivity contribution in [3.63, 3.8) is 0 Å². The van der Waals surface area contributed by atoms with E-state index >= 15 is 0 Å². The van der Waals surface area contributed by atoms with E-state index in [4.69, 9.17) is 4.74 Å². The zero-order valence-electron chi connectivity index (χ0n) is 14.2. The van der Waals surface area contributed by atoms with Crippen molar-refractivity contribution in [2.45, 2.75) is 39.5 Å². The minimum Gasteiger partial charge on any atom is -0.423 e. The Morgan fingerprint density at radius 1 is 1.04 bits per heavy atom. The highest BCUT2D eigenvalue weighted by Crippen LogP contribution is 2.20. The van der Waals surface area contributed by atoms with Gasteiger partial charge in [-0.1, -0.05) is 18.9 Å². The lowest BCUT2D eigenvalue weighted by atomic mass is 10.2. The molecule has 24 heavy (non-hydrogen) atoms. The van der Waals surface area contributed by atoms with Gasteiger partial charge in [0.2, 0.25) is 0 Å². The molecule has 0 atom stereocenters. The first-order chi connectivity index (χ1) is 11.7. The Morgan fingerprint density at radius 3 is 2.33 bits per heavy atom. The number of carbonyl (C=O) groups is 1. The maximum atomic E-state index is 12.3. The van der Waals surface area contributed by atoms with E-state index in [-0.39, 0.29) is 11.9 Å². The van der Waals surface area contributed by atoms with E-state index in [9.17, 15) is 4.79 Å². The zero-order valence-corrected chi connectivity index (χ0v) is 14.2. The summed E-state index contributed by atoms with van der Waals surface area (Å²) in [5, 5.41) is 8.18. The van der Waals surface area contributed by atoms with E-state index in [1.54, 1.807) is 24.3 Å². The van der Waals surface area contributed by atoms with Gasteiger partial charge in [-0.05, 0) is 49.9 Å². The zero-order chi connectivity index (χ0) is 16.9. The van der Waals surface area contributed by atoms with E-state index in [0.29, 0.717) is 11.3 Å². The molecular weight excluding hydrogens is 304 g/mol. The Hall–Kier alpha value is -2.50. The molecule has 1 amide bonds. The molecule has 0 saturated carbocycles. The first-order valence-electron chi connectivity index (χ1n) is 8.51. The number of hydrogen-bond acceptors (Lipinski definition) is 5. The van der Waals surface area contributed by atoms with Crippen LogP contribution in [0.3, 0.4) is 0 Å². The summed E-state index contributed by atoms with van der Waals surface area (Å²) in [6.07, 6.45) is 3.77. The SMILES string of the molecule is CCc1nnc(Oc2ccc(C(=O)N3CCCC3)cc2)nc1CC. The molecule has 0 radical (unpaired) electrons. The molecule has 0 N–H and O–H groups in total. The maximum absolute atomic E-state index is 12.3. The number of likely N-dealkylation sites (tertiary alicyclic amines) is 1. The topological polar surface area (TPSA) is 68.2 Å². The molecule has 1 aromatic heterocycles. The highest BCUT2D eigenvalue weighted by Gasteiger charge is 2.19. The normalized spacial score (nSPS) is 14.0. The summed E-state index contributed by atoms with van der Waals surface area (Å²) in [4.78, 5) is 18.6. The fourth-order valence-corrected chi connectivity index (χ4v) is 2.84. The number of aromatic nitrogens is 3. The molecule has 6 nitrogen and oxygen atoms in total. The molecule has 1 fully saturated rings. The van der Waals surface area contributed by atoms with Crippen molar-refractivity contribution >= 4 is 5.91 Å². The molecule has 0 aliphatic carbocycles. The molecule has 1 aliphatic rings. The van der Waals surface area contributed by atoms with Crippen molar-refractivity contribution in [1.29, 1.82) is 0 Å². The summed E-state index contributed by atoms with van der Waals surface area (Å²) in [5.74, 6) is 0.679. The van der Waals surface area contributed by atoms with Crippen LogP contribution in [0.2, 0.25) is 0 Å². The molecule has 1 aromatic carbocycles. The number of ether oxygens (including phenoxy) is 1. The Morgan fingerprint density at radius 2 is 1.71 bits per heavy atom. The summed E-state index contributed by atoms with van der Waals surface area (Å²) < 4.78 is 5.67. The predicted octanol–water partition coefficient (Wildman–Crippen LogP) is 3.02. The van der Waals surface area contributed by atoms with Crippen LogP contribution in [0.4, 0.5) is 0 Å². The highest BCUT2D eigenvalue weighted by atomic mass is 16.5. The second-order valence-electron chi connectivity index (χ2n) is 5.82. The van der Waals surface area contributed by atoms with E-state index < -0.39 is 0 Å². The molecule has 2 heterocycles. The van der Waals surface area contributed by atoms with Gasteiger partial charge in [0.1, 0.15) is 5.75 Å². The molecule has 0 bridgehead atoms. The van der Waals surface area contributed by atoms with Crippen LogP contribution in [-0.2, 0) is 12.8 Å². The van der Waals surface area contributed by atoms with Gasteiger partial charge in [0, 0.05) is 18.7 Å². The molecule has 0 unspecified atom stereocenters. The molecule has 126 valence electrons. The number of rotatable bonds is 5. The summed E-state index contributed by atoms with van der Waals surface area (Å²) in [6.45, 7) is 5.76. The third-order valence-electron chi connectivity index (χ3n) is 4.19. The van der Waals surface area contributed by atoms with Crippen LogP contribution in [0.25, 0.3) is 0 Å². The fourth-order valence-electron chi connectivity index (χ4n) is 2.84. The number of aryl methyl sites for hydroxylation is 2. The quantitative estimate of drug-likeness (QED) is 0.845. The molecule has 2 aromatic rings. The smallest absolute Gasteiger partial charge is 0.341 e. The highest BCUT2D eigenvalue weighted by molar-refractivity contribution is 5.94. The van der Waals surface area contributed by atoms with Gasteiger partial charge in [0.05, 0.1) is 11.4 Å². The Bertz CT molecular complexity index is 709. The van der Waals surface area contributed by atoms with E-state index in [1.165, 1.54) is 0 Å². The van der Waals surface area contributed by atoms with Crippen LogP contribution in [-0.4, -0.2) is 39.1 Å². The van der Waals surface area contributed by atoms with Gasteiger partial charge in [-0.3, -0.25) is 4.79 Å². The van der Waals surface area contributed by atoms with Gasteiger partial charge >= 0.3 is 6.01 Å². The summed E-state index contributed by atoms with van der Waals surface area (Å²) in [7, 11) is 0. The third-order valence-corrected chi connectivity index (χ3v) is 4.19. The largest absolute Gasteiger partial charge is 0.423 e. The van der Waals surface area contributed by atoms with Gasteiger partial charge < -0.3 is 9.64 Å². The summed E-state index contributed by atoms with van der Waals surface area (Å²) in [5.41, 5.74) is 2.48. The molecule has 0 spiro atoms. The van der Waals surface area contributed by atoms with E-state index in [0.717, 1.165) is 50.2 Å². The molecule has 1 saturated heterocycles. The predicted molar refractivity (Wildman–Crippen MR) is 90.2 cm³/mol. The Balaban J connectivity index is 1.71. The minimum absolute atomic E-state index is 0.0811. The van der Waals surface area contributed by atoms with Crippen molar-refractivity contribution in [3.8, 4) is 11.8 Å². The summed E-state index contributed by atoms with van der Waals surface area (Å²) in [6, 6.07) is 7.34. The standard InChI is InChI=1S/C18H22N4O2/c1-3-15-16(4-2)20-21-18(19-15)24-14-9-7-13(8-10-14)17(23)22-11-5-6-12-22/h7-10H,3-6,11-12H2,1-2H3. The third kappa shape index (κ3) is 3.53.